The zero-order chi connectivity index (χ0) is 26.8. The van der Waals surface area contributed by atoms with Crippen molar-refractivity contribution in [3.63, 3.8) is 0 Å². The molecular weight excluding hydrogens is 488 g/mol. The van der Waals surface area contributed by atoms with Gasteiger partial charge in [-0.3, -0.25) is 5.32 Å². The quantitative estimate of drug-likeness (QED) is 0.417. The predicted octanol–water partition coefficient (Wildman–Crippen LogP) is 4.13. The van der Waals surface area contributed by atoms with Crippen molar-refractivity contribution >= 4 is 23.6 Å². The third-order valence-electron chi connectivity index (χ3n) is 7.46. The van der Waals surface area contributed by atoms with Crippen LogP contribution >= 0.6 is 0 Å². The first-order chi connectivity index (χ1) is 19.0. The number of hydrogen-bond acceptors (Lipinski definition) is 7. The lowest BCUT2D eigenvalue weighted by Crippen LogP contribution is -2.44. The molecule has 2 aliphatic rings. The van der Waals surface area contributed by atoms with E-state index in [1.165, 1.54) is 5.56 Å². The van der Waals surface area contributed by atoms with Crippen molar-refractivity contribution in [3.05, 3.63) is 84.1 Å². The van der Waals surface area contributed by atoms with Gasteiger partial charge in [-0.25, -0.2) is 14.8 Å². The first-order valence-electron chi connectivity index (χ1n) is 13.3. The standard InChI is InChI=1S/C30H32N8O/c1-36-13-15-37(16-14-36)28-18-26(33-29(31)35-28)23-8-7-22-11-12-38(20-25(22)17-23)30(39)34-27-10-9-24(19-32-27)21-5-3-2-4-6-21/h2-10,17-19H,11-16,20H2,1H3,(H2,31,33,35)(H,32,34,39). The molecule has 2 amide bonds. The summed E-state index contributed by atoms with van der Waals surface area (Å²) >= 11 is 0. The number of anilines is 3. The summed E-state index contributed by atoms with van der Waals surface area (Å²) in [5, 5.41) is 2.95. The average molecular weight is 521 g/mol. The van der Waals surface area contributed by atoms with E-state index in [9.17, 15) is 4.79 Å². The first-order valence-corrected chi connectivity index (χ1v) is 13.3. The normalized spacial score (nSPS) is 15.6. The molecule has 4 heterocycles. The van der Waals surface area contributed by atoms with Gasteiger partial charge in [0.1, 0.15) is 11.6 Å². The molecule has 9 heteroatoms. The Bertz CT molecular complexity index is 1470. The molecule has 198 valence electrons. The number of carbonyl (C=O) groups excluding carboxylic acids is 1. The number of aromatic nitrogens is 3. The molecule has 6 rings (SSSR count). The number of hydrogen-bond donors (Lipinski definition) is 2. The summed E-state index contributed by atoms with van der Waals surface area (Å²) in [7, 11) is 2.13. The Balaban J connectivity index is 1.16. The van der Waals surface area contributed by atoms with Crippen LogP contribution in [0.15, 0.2) is 72.9 Å². The van der Waals surface area contributed by atoms with Gasteiger partial charge in [-0.2, -0.15) is 4.98 Å². The number of nitrogens with one attached hydrogen (secondary N) is 1. The number of nitrogens with two attached hydrogens (primary N) is 1. The van der Waals surface area contributed by atoms with Gasteiger partial charge in [0.25, 0.3) is 0 Å². The largest absolute Gasteiger partial charge is 0.368 e. The zero-order valence-corrected chi connectivity index (χ0v) is 22.0. The van der Waals surface area contributed by atoms with Gasteiger partial charge in [-0.1, -0.05) is 42.5 Å². The molecule has 0 atom stereocenters. The second-order valence-electron chi connectivity index (χ2n) is 10.1. The number of amides is 2. The van der Waals surface area contributed by atoms with Crippen LogP contribution in [0.25, 0.3) is 22.4 Å². The van der Waals surface area contributed by atoms with Crippen LogP contribution in [0, 0.1) is 0 Å². The van der Waals surface area contributed by atoms with Crippen molar-refractivity contribution in [2.75, 3.05) is 55.7 Å². The summed E-state index contributed by atoms with van der Waals surface area (Å²) in [6, 6.07) is 22.1. The van der Waals surface area contributed by atoms with Crippen LogP contribution in [0.2, 0.25) is 0 Å². The molecule has 1 fully saturated rings. The fourth-order valence-electron chi connectivity index (χ4n) is 5.15. The second kappa shape index (κ2) is 10.7. The van der Waals surface area contributed by atoms with E-state index < -0.39 is 0 Å². The zero-order valence-electron chi connectivity index (χ0n) is 22.0. The van der Waals surface area contributed by atoms with Gasteiger partial charge in [0.15, 0.2) is 0 Å². The molecule has 2 aromatic carbocycles. The van der Waals surface area contributed by atoms with Crippen LogP contribution in [0.3, 0.4) is 0 Å². The minimum Gasteiger partial charge on any atom is -0.368 e. The van der Waals surface area contributed by atoms with Crippen LogP contribution in [0.5, 0.6) is 0 Å². The molecule has 2 aromatic heterocycles. The molecule has 2 aliphatic heterocycles. The van der Waals surface area contributed by atoms with Crippen molar-refractivity contribution in [2.24, 2.45) is 0 Å². The number of urea groups is 1. The highest BCUT2D eigenvalue weighted by Gasteiger charge is 2.22. The Morgan fingerprint density at radius 3 is 2.41 bits per heavy atom. The number of fused-ring (bicyclic) bond motifs is 1. The van der Waals surface area contributed by atoms with Crippen LogP contribution in [0.4, 0.5) is 22.4 Å². The van der Waals surface area contributed by atoms with Gasteiger partial charge in [0.05, 0.1) is 5.69 Å². The van der Waals surface area contributed by atoms with Crippen LogP contribution in [-0.2, 0) is 13.0 Å². The minimum absolute atomic E-state index is 0.158. The molecule has 0 aliphatic carbocycles. The molecular formula is C30H32N8O. The minimum atomic E-state index is -0.158. The fourth-order valence-corrected chi connectivity index (χ4v) is 5.15. The molecule has 0 radical (unpaired) electrons. The Morgan fingerprint density at radius 2 is 1.64 bits per heavy atom. The molecule has 9 nitrogen and oxygen atoms in total. The maximum absolute atomic E-state index is 13.1. The number of rotatable bonds is 4. The van der Waals surface area contributed by atoms with Gasteiger partial charge >= 0.3 is 6.03 Å². The van der Waals surface area contributed by atoms with E-state index >= 15 is 0 Å². The third-order valence-corrected chi connectivity index (χ3v) is 7.46. The monoisotopic (exact) mass is 520 g/mol. The summed E-state index contributed by atoms with van der Waals surface area (Å²) in [5.41, 5.74) is 12.3. The molecule has 3 N–H and O–H groups in total. The molecule has 39 heavy (non-hydrogen) atoms. The fraction of sp³-hybridized carbons (Fsp3) is 0.267. The molecule has 0 unspecified atom stereocenters. The van der Waals surface area contributed by atoms with Gasteiger partial charge < -0.3 is 20.4 Å². The van der Waals surface area contributed by atoms with Gasteiger partial charge in [0, 0.05) is 62.7 Å². The highest BCUT2D eigenvalue weighted by atomic mass is 16.2. The first kappa shape index (κ1) is 24.8. The molecule has 0 saturated carbocycles. The maximum Gasteiger partial charge on any atom is 0.323 e. The number of piperazine rings is 1. The lowest BCUT2D eigenvalue weighted by molar-refractivity contribution is 0.206. The van der Waals surface area contributed by atoms with Crippen LogP contribution < -0.4 is 16.0 Å². The summed E-state index contributed by atoms with van der Waals surface area (Å²) in [5.74, 6) is 1.66. The highest BCUT2D eigenvalue weighted by Crippen LogP contribution is 2.28. The van der Waals surface area contributed by atoms with Crippen molar-refractivity contribution < 1.29 is 4.79 Å². The van der Waals surface area contributed by atoms with Crippen molar-refractivity contribution in [1.82, 2.24) is 24.8 Å². The molecule has 4 aromatic rings. The number of likely N-dealkylation sites (N-methyl/N-ethyl adjacent to an activating group) is 1. The third kappa shape index (κ3) is 5.53. The summed E-state index contributed by atoms with van der Waals surface area (Å²) < 4.78 is 0. The number of nitrogen functional groups attached to an aromatic ring is 1. The second-order valence-corrected chi connectivity index (χ2v) is 10.1. The van der Waals surface area contributed by atoms with Crippen LogP contribution in [0.1, 0.15) is 11.1 Å². The van der Waals surface area contributed by atoms with E-state index in [-0.39, 0.29) is 12.0 Å². The molecule has 0 spiro atoms. The summed E-state index contributed by atoms with van der Waals surface area (Å²) in [4.78, 5) is 33.0. The Morgan fingerprint density at radius 1 is 0.846 bits per heavy atom. The molecule has 1 saturated heterocycles. The van der Waals surface area contributed by atoms with E-state index in [0.717, 1.165) is 66.4 Å². The van der Waals surface area contributed by atoms with E-state index in [4.69, 9.17) is 5.73 Å². The average Bonchev–Trinajstić information content (AvgIpc) is 2.97. The SMILES string of the molecule is CN1CCN(c2cc(-c3ccc4c(c3)CN(C(=O)Nc3ccc(-c5ccccc5)cn3)CC4)nc(N)n2)CC1. The Labute approximate surface area is 228 Å². The lowest BCUT2D eigenvalue weighted by atomic mass is 9.96. The Kier molecular flexibility index (Phi) is 6.81. The summed E-state index contributed by atoms with van der Waals surface area (Å²) in [6.07, 6.45) is 2.58. The van der Waals surface area contributed by atoms with Gasteiger partial charge in [0.2, 0.25) is 5.95 Å². The smallest absolute Gasteiger partial charge is 0.323 e. The van der Waals surface area contributed by atoms with Crippen molar-refractivity contribution in [3.8, 4) is 22.4 Å². The van der Waals surface area contributed by atoms with Crippen LogP contribution in [-0.4, -0.2) is 70.6 Å². The van der Waals surface area contributed by atoms with Gasteiger partial charge in [-0.05, 0) is 48.4 Å². The topological polar surface area (TPSA) is 104 Å². The van der Waals surface area contributed by atoms with E-state index in [2.05, 4.69) is 55.3 Å². The Hall–Kier alpha value is -4.50. The van der Waals surface area contributed by atoms with E-state index in [1.54, 1.807) is 6.20 Å². The van der Waals surface area contributed by atoms with Crippen molar-refractivity contribution in [1.29, 1.82) is 0 Å². The number of carbonyl (C=O) groups is 1. The highest BCUT2D eigenvalue weighted by molar-refractivity contribution is 5.88. The predicted molar refractivity (Wildman–Crippen MR) is 154 cm³/mol. The molecule has 0 bridgehead atoms. The number of pyridine rings is 1. The van der Waals surface area contributed by atoms with E-state index in [1.807, 2.05) is 53.4 Å². The van der Waals surface area contributed by atoms with Crippen molar-refractivity contribution in [2.45, 2.75) is 13.0 Å². The number of benzene rings is 2. The number of nitrogens with zero attached hydrogens (tertiary/aromatic N) is 6. The summed E-state index contributed by atoms with van der Waals surface area (Å²) in [6.45, 7) is 4.96. The van der Waals surface area contributed by atoms with Gasteiger partial charge in [-0.15, -0.1) is 0 Å². The van der Waals surface area contributed by atoms with E-state index in [0.29, 0.717) is 18.9 Å². The lowest BCUT2D eigenvalue weighted by Gasteiger charge is -2.33. The maximum atomic E-state index is 13.1.